The van der Waals surface area contributed by atoms with Crippen LogP contribution in [0.3, 0.4) is 0 Å². The van der Waals surface area contributed by atoms with Gasteiger partial charge in [-0.25, -0.2) is 4.39 Å². The second kappa shape index (κ2) is 9.03. The van der Waals surface area contributed by atoms with Crippen LogP contribution in [-0.4, -0.2) is 14.7 Å². The molecule has 0 saturated carbocycles. The third-order valence-electron chi connectivity index (χ3n) is 6.92. The number of halogens is 1. The molecule has 0 radical (unpaired) electrons. The quantitative estimate of drug-likeness (QED) is 0.264. The lowest BCUT2D eigenvalue weighted by Crippen LogP contribution is -2.49. The van der Waals surface area contributed by atoms with E-state index in [1.54, 1.807) is 18.2 Å². The summed E-state index contributed by atoms with van der Waals surface area (Å²) in [6.45, 7) is 18.0. The van der Waals surface area contributed by atoms with Gasteiger partial charge in [0.15, 0.2) is 0 Å². The molecule has 3 heteroatoms. The van der Waals surface area contributed by atoms with Gasteiger partial charge in [-0.15, -0.1) is 0 Å². The summed E-state index contributed by atoms with van der Waals surface area (Å²) < 4.78 is 21.5. The molecule has 0 fully saturated rings. The van der Waals surface area contributed by atoms with Crippen LogP contribution in [-0.2, 0) is 5.41 Å². The monoisotopic (exact) mass is 470 g/mol. The number of rotatable bonds is 6. The molecule has 0 amide bonds. The van der Waals surface area contributed by atoms with Gasteiger partial charge in [-0.3, -0.25) is 0 Å². The molecule has 4 rings (SSSR count). The molecule has 176 valence electrons. The van der Waals surface area contributed by atoms with Gasteiger partial charge in [0, 0.05) is 11.1 Å². The lowest BCUT2D eigenvalue weighted by molar-refractivity contribution is 0.353. The number of ether oxygens (including phenoxy) is 1. The smallest absolute Gasteiger partial charge is 0.130 e. The number of hydrogen-bond donors (Lipinski definition) is 0. The third kappa shape index (κ3) is 4.30. The van der Waals surface area contributed by atoms with E-state index >= 15 is 4.39 Å². The molecule has 1 unspecified atom stereocenters. The molecular weight excluding hydrogens is 435 g/mol. The molecule has 0 spiro atoms. The molecule has 3 aromatic rings. The van der Waals surface area contributed by atoms with Gasteiger partial charge in [0.2, 0.25) is 0 Å². The van der Waals surface area contributed by atoms with Crippen LogP contribution in [0.15, 0.2) is 73.3 Å². The average Bonchev–Trinajstić information content (AvgIpc) is 3.17. The first kappa shape index (κ1) is 24.2. The SMILES string of the molecule is C=CCOc1c(C(C)(C)C)cc(C)cc1[Si](C)(C)C1C(c2ccccc2F)=Cc2ccccc21. The molecular formula is C31H35FOSi. The lowest BCUT2D eigenvalue weighted by Gasteiger charge is -2.37. The molecule has 1 aliphatic rings. The van der Waals surface area contributed by atoms with Crippen molar-refractivity contribution in [3.05, 3.63) is 107 Å². The Morgan fingerprint density at radius 1 is 1.03 bits per heavy atom. The highest BCUT2D eigenvalue weighted by Gasteiger charge is 2.44. The van der Waals surface area contributed by atoms with E-state index in [0.29, 0.717) is 12.2 Å². The highest BCUT2D eigenvalue weighted by molar-refractivity contribution is 6.93. The maximum absolute atomic E-state index is 15.1. The van der Waals surface area contributed by atoms with Gasteiger partial charge < -0.3 is 4.74 Å². The summed E-state index contributed by atoms with van der Waals surface area (Å²) in [7, 11) is -2.30. The molecule has 0 aliphatic heterocycles. The molecule has 1 atom stereocenters. The number of aryl methyl sites for hydroxylation is 1. The second-order valence-corrected chi connectivity index (χ2v) is 15.5. The van der Waals surface area contributed by atoms with E-state index < -0.39 is 8.07 Å². The fraction of sp³-hybridized carbons (Fsp3) is 0.290. The second-order valence-electron chi connectivity index (χ2n) is 10.9. The molecule has 0 N–H and O–H groups in total. The van der Waals surface area contributed by atoms with Gasteiger partial charge in [0.1, 0.15) is 18.2 Å². The van der Waals surface area contributed by atoms with Gasteiger partial charge in [0.05, 0.1) is 8.07 Å². The molecule has 1 aliphatic carbocycles. The topological polar surface area (TPSA) is 9.23 Å². The van der Waals surface area contributed by atoms with Crippen molar-refractivity contribution in [1.29, 1.82) is 0 Å². The Labute approximate surface area is 205 Å². The van der Waals surface area contributed by atoms with Crippen LogP contribution in [0.25, 0.3) is 11.6 Å². The fourth-order valence-corrected chi connectivity index (χ4v) is 9.05. The van der Waals surface area contributed by atoms with Crippen molar-refractivity contribution in [2.45, 2.75) is 51.7 Å². The number of hydrogen-bond acceptors (Lipinski definition) is 1. The van der Waals surface area contributed by atoms with Crippen LogP contribution in [0.2, 0.25) is 13.1 Å². The Balaban J connectivity index is 1.98. The Bertz CT molecular complexity index is 1260. The highest BCUT2D eigenvalue weighted by atomic mass is 28.3. The molecule has 0 heterocycles. The predicted octanol–water partition coefficient (Wildman–Crippen LogP) is 7.79. The Kier molecular flexibility index (Phi) is 6.43. The third-order valence-corrected chi connectivity index (χ3v) is 10.7. The van der Waals surface area contributed by atoms with E-state index in [-0.39, 0.29) is 16.8 Å². The molecule has 34 heavy (non-hydrogen) atoms. The Morgan fingerprint density at radius 3 is 2.38 bits per heavy atom. The first-order valence-corrected chi connectivity index (χ1v) is 15.1. The molecule has 0 aromatic heterocycles. The first-order valence-electron chi connectivity index (χ1n) is 12.0. The van der Waals surface area contributed by atoms with Gasteiger partial charge in [0.25, 0.3) is 0 Å². The van der Waals surface area contributed by atoms with Crippen LogP contribution in [0.5, 0.6) is 5.75 Å². The first-order chi connectivity index (χ1) is 16.1. The fourth-order valence-electron chi connectivity index (χ4n) is 5.29. The highest BCUT2D eigenvalue weighted by Crippen LogP contribution is 2.48. The van der Waals surface area contributed by atoms with Crippen molar-refractivity contribution < 1.29 is 9.13 Å². The van der Waals surface area contributed by atoms with Crippen LogP contribution in [0.1, 0.15) is 54.1 Å². The zero-order valence-corrected chi connectivity index (χ0v) is 22.2. The Hall–Kier alpha value is -2.91. The van der Waals surface area contributed by atoms with Crippen LogP contribution >= 0.6 is 0 Å². The van der Waals surface area contributed by atoms with Crippen LogP contribution < -0.4 is 9.92 Å². The predicted molar refractivity (Wildman–Crippen MR) is 146 cm³/mol. The lowest BCUT2D eigenvalue weighted by atomic mass is 9.85. The maximum atomic E-state index is 15.1. The molecule has 0 bridgehead atoms. The summed E-state index contributed by atoms with van der Waals surface area (Å²) >= 11 is 0. The summed E-state index contributed by atoms with van der Waals surface area (Å²) in [5.41, 5.74) is 6.73. The number of benzene rings is 3. The van der Waals surface area contributed by atoms with Crippen molar-refractivity contribution in [2.24, 2.45) is 0 Å². The zero-order chi connectivity index (χ0) is 24.7. The van der Waals surface area contributed by atoms with E-state index in [4.69, 9.17) is 4.74 Å². The van der Waals surface area contributed by atoms with Gasteiger partial charge in [-0.2, -0.15) is 0 Å². The van der Waals surface area contributed by atoms with Crippen LogP contribution in [0.4, 0.5) is 4.39 Å². The summed E-state index contributed by atoms with van der Waals surface area (Å²) in [6, 6.07) is 20.2. The van der Waals surface area contributed by atoms with Crippen molar-refractivity contribution in [1.82, 2.24) is 0 Å². The maximum Gasteiger partial charge on any atom is 0.130 e. The number of fused-ring (bicyclic) bond motifs is 1. The van der Waals surface area contributed by atoms with Crippen molar-refractivity contribution >= 4 is 24.9 Å². The summed E-state index contributed by atoms with van der Waals surface area (Å²) in [5.74, 6) is 0.811. The standard InChI is InChI=1S/C31H35FOSi/c1-8-17-33-29-26(31(3,4)5)18-21(2)19-28(29)34(6,7)30-23-14-10-9-13-22(23)20-25(30)24-15-11-12-16-27(24)32/h8-16,18-20,30H,1,17H2,2-7H3. The van der Waals surface area contributed by atoms with Gasteiger partial charge >= 0.3 is 0 Å². The van der Waals surface area contributed by atoms with Gasteiger partial charge in [-0.1, -0.05) is 113 Å². The van der Waals surface area contributed by atoms with E-state index in [0.717, 1.165) is 11.3 Å². The zero-order valence-electron chi connectivity index (χ0n) is 21.2. The van der Waals surface area contributed by atoms with E-state index in [2.05, 4.69) is 89.8 Å². The largest absolute Gasteiger partial charge is 0.489 e. The molecule has 0 saturated heterocycles. The normalized spacial score (nSPS) is 15.6. The van der Waals surface area contributed by atoms with E-state index in [1.807, 2.05) is 12.1 Å². The molecule has 3 aromatic carbocycles. The van der Waals surface area contributed by atoms with Crippen molar-refractivity contribution in [3.8, 4) is 5.75 Å². The molecule has 1 nitrogen and oxygen atoms in total. The van der Waals surface area contributed by atoms with E-state index in [9.17, 15) is 0 Å². The minimum atomic E-state index is -2.30. The van der Waals surface area contributed by atoms with Crippen LogP contribution in [0, 0.1) is 12.7 Å². The van der Waals surface area contributed by atoms with E-state index in [1.165, 1.54) is 27.4 Å². The summed E-state index contributed by atoms with van der Waals surface area (Å²) in [5, 5.41) is 1.28. The summed E-state index contributed by atoms with van der Waals surface area (Å²) in [4.78, 5) is 0. The van der Waals surface area contributed by atoms with Gasteiger partial charge in [-0.05, 0) is 45.9 Å². The minimum absolute atomic E-state index is 0.0699. The minimum Gasteiger partial charge on any atom is -0.489 e. The van der Waals surface area contributed by atoms with Crippen molar-refractivity contribution in [2.75, 3.05) is 6.61 Å². The van der Waals surface area contributed by atoms with Crippen molar-refractivity contribution in [3.63, 3.8) is 0 Å². The summed E-state index contributed by atoms with van der Waals surface area (Å²) in [6.07, 6.45) is 4.00. The average molecular weight is 471 g/mol. The number of allylic oxidation sites excluding steroid dienone is 1. The Morgan fingerprint density at radius 2 is 1.71 bits per heavy atom.